The van der Waals surface area contributed by atoms with Crippen LogP contribution in [-0.4, -0.2) is 23.7 Å². The van der Waals surface area contributed by atoms with Gasteiger partial charge in [0.05, 0.1) is 12.8 Å². The molecule has 6 heteroatoms. The lowest BCUT2D eigenvalue weighted by Gasteiger charge is -2.05. The molecule has 0 aromatic carbocycles. The molecule has 0 atom stereocenters. The first-order valence-corrected chi connectivity index (χ1v) is 5.36. The Balaban J connectivity index is 2.13. The van der Waals surface area contributed by atoms with Crippen LogP contribution in [0.2, 0.25) is 0 Å². The molecule has 1 aromatic heterocycles. The van der Waals surface area contributed by atoms with Crippen molar-refractivity contribution in [1.82, 2.24) is 10.6 Å². The maximum Gasteiger partial charge on any atom is 0.315 e. The lowest BCUT2D eigenvalue weighted by Crippen LogP contribution is -2.35. The molecule has 3 N–H and O–H groups in total. The van der Waals surface area contributed by atoms with Crippen molar-refractivity contribution in [3.8, 4) is 0 Å². The normalized spacial score (nSPS) is 9.94. The topological polar surface area (TPSA) is 91.6 Å². The van der Waals surface area contributed by atoms with Crippen LogP contribution in [0.4, 0.5) is 4.79 Å². The number of hydrogen-bond acceptors (Lipinski definition) is 3. The second-order valence-corrected chi connectivity index (χ2v) is 3.63. The number of hydrogen-bond donors (Lipinski definition) is 3. The van der Waals surface area contributed by atoms with Crippen LogP contribution in [0.5, 0.6) is 0 Å². The lowest BCUT2D eigenvalue weighted by atomic mass is 10.3. The van der Waals surface area contributed by atoms with E-state index in [9.17, 15) is 9.59 Å². The molecule has 1 aromatic rings. The van der Waals surface area contributed by atoms with Crippen LogP contribution in [0.3, 0.4) is 0 Å². The number of furan rings is 1. The van der Waals surface area contributed by atoms with E-state index >= 15 is 0 Å². The van der Waals surface area contributed by atoms with E-state index < -0.39 is 5.97 Å². The van der Waals surface area contributed by atoms with Crippen LogP contribution in [0.15, 0.2) is 16.7 Å². The summed E-state index contributed by atoms with van der Waals surface area (Å²) in [6.07, 6.45) is 2.04. The molecule has 0 aliphatic carbocycles. The molecule has 94 valence electrons. The highest BCUT2D eigenvalue weighted by Crippen LogP contribution is 2.07. The van der Waals surface area contributed by atoms with Gasteiger partial charge in [-0.1, -0.05) is 0 Å². The number of rotatable bonds is 6. The smallest absolute Gasteiger partial charge is 0.315 e. The monoisotopic (exact) mass is 240 g/mol. The van der Waals surface area contributed by atoms with Crippen molar-refractivity contribution in [2.45, 2.75) is 26.3 Å². The lowest BCUT2D eigenvalue weighted by molar-refractivity contribution is -0.137. The Labute approximate surface area is 99.0 Å². The van der Waals surface area contributed by atoms with Crippen LogP contribution < -0.4 is 10.6 Å². The summed E-state index contributed by atoms with van der Waals surface area (Å²) in [4.78, 5) is 21.5. The van der Waals surface area contributed by atoms with Gasteiger partial charge in [-0.05, 0) is 25.0 Å². The van der Waals surface area contributed by atoms with Gasteiger partial charge >= 0.3 is 12.0 Å². The van der Waals surface area contributed by atoms with Gasteiger partial charge in [-0.15, -0.1) is 0 Å². The van der Waals surface area contributed by atoms with Crippen LogP contribution >= 0.6 is 0 Å². The molecule has 6 nitrogen and oxygen atoms in total. The summed E-state index contributed by atoms with van der Waals surface area (Å²) in [6, 6.07) is 1.49. The summed E-state index contributed by atoms with van der Waals surface area (Å²) in [6.45, 7) is 2.56. The third-order valence-electron chi connectivity index (χ3n) is 2.23. The summed E-state index contributed by atoms with van der Waals surface area (Å²) < 4.78 is 5.15. The number of aryl methyl sites for hydroxylation is 1. The van der Waals surface area contributed by atoms with Crippen molar-refractivity contribution in [2.75, 3.05) is 6.54 Å². The minimum absolute atomic E-state index is 0.0531. The Morgan fingerprint density at radius 1 is 1.41 bits per heavy atom. The van der Waals surface area contributed by atoms with Crippen molar-refractivity contribution < 1.29 is 19.1 Å². The fourth-order valence-electron chi connectivity index (χ4n) is 1.25. The largest absolute Gasteiger partial charge is 0.481 e. The molecule has 0 aliphatic rings. The Hall–Kier alpha value is -1.98. The van der Waals surface area contributed by atoms with E-state index in [2.05, 4.69) is 10.6 Å². The summed E-state index contributed by atoms with van der Waals surface area (Å²) in [5.41, 5.74) is 0.983. The molecular weight excluding hydrogens is 224 g/mol. The van der Waals surface area contributed by atoms with Gasteiger partial charge in [0, 0.05) is 13.0 Å². The van der Waals surface area contributed by atoms with Gasteiger partial charge in [-0.3, -0.25) is 4.79 Å². The number of amides is 2. The molecule has 1 heterocycles. The maximum atomic E-state index is 11.3. The zero-order valence-corrected chi connectivity index (χ0v) is 9.66. The molecule has 17 heavy (non-hydrogen) atoms. The van der Waals surface area contributed by atoms with Gasteiger partial charge in [-0.2, -0.15) is 0 Å². The van der Waals surface area contributed by atoms with Crippen molar-refractivity contribution in [2.24, 2.45) is 0 Å². The van der Waals surface area contributed by atoms with Crippen molar-refractivity contribution >= 4 is 12.0 Å². The van der Waals surface area contributed by atoms with E-state index in [0.717, 1.165) is 5.56 Å². The van der Waals surface area contributed by atoms with Crippen molar-refractivity contribution in [3.63, 3.8) is 0 Å². The van der Waals surface area contributed by atoms with Gasteiger partial charge in [-0.25, -0.2) is 4.79 Å². The van der Waals surface area contributed by atoms with Gasteiger partial charge in [0.15, 0.2) is 0 Å². The van der Waals surface area contributed by atoms with E-state index in [1.165, 1.54) is 0 Å². The first-order valence-electron chi connectivity index (χ1n) is 5.36. The molecular formula is C11H16N2O4. The zero-order chi connectivity index (χ0) is 12.7. The summed E-state index contributed by atoms with van der Waals surface area (Å²) >= 11 is 0. The number of carbonyl (C=O) groups is 2. The number of carbonyl (C=O) groups excluding carboxylic acids is 1. The average Bonchev–Trinajstić information content (AvgIpc) is 2.67. The quantitative estimate of drug-likeness (QED) is 0.652. The van der Waals surface area contributed by atoms with Gasteiger partial charge in [0.2, 0.25) is 0 Å². The SMILES string of the molecule is Cc1ccoc1CNC(=O)NCCCC(=O)O. The molecule has 0 unspecified atom stereocenters. The zero-order valence-electron chi connectivity index (χ0n) is 9.66. The fraction of sp³-hybridized carbons (Fsp3) is 0.455. The number of carboxylic acid groups (broad SMARTS) is 1. The van der Waals surface area contributed by atoms with Gasteiger partial charge in [0.1, 0.15) is 5.76 Å². The van der Waals surface area contributed by atoms with Crippen LogP contribution in [-0.2, 0) is 11.3 Å². The molecule has 0 radical (unpaired) electrons. The predicted octanol–water partition coefficient (Wildman–Crippen LogP) is 1.25. The van der Waals surface area contributed by atoms with Crippen molar-refractivity contribution in [3.05, 3.63) is 23.7 Å². The highest BCUT2D eigenvalue weighted by atomic mass is 16.4. The Bertz CT molecular complexity index is 387. The molecule has 0 bridgehead atoms. The molecule has 1 rings (SSSR count). The maximum absolute atomic E-state index is 11.3. The minimum Gasteiger partial charge on any atom is -0.481 e. The van der Waals surface area contributed by atoms with E-state index in [1.807, 2.05) is 13.0 Å². The van der Waals surface area contributed by atoms with Gasteiger partial charge < -0.3 is 20.2 Å². The van der Waals surface area contributed by atoms with E-state index in [0.29, 0.717) is 25.3 Å². The standard InChI is InChI=1S/C11H16N2O4/c1-8-4-6-17-9(8)7-13-11(16)12-5-2-3-10(14)15/h4,6H,2-3,5,7H2,1H3,(H,14,15)(H2,12,13,16). The molecule has 0 saturated carbocycles. The minimum atomic E-state index is -0.863. The van der Waals surface area contributed by atoms with Crippen LogP contribution in [0.1, 0.15) is 24.2 Å². The number of aliphatic carboxylic acids is 1. The second-order valence-electron chi connectivity index (χ2n) is 3.63. The van der Waals surface area contributed by atoms with Crippen molar-refractivity contribution in [1.29, 1.82) is 0 Å². The first kappa shape index (κ1) is 13.1. The number of urea groups is 1. The van der Waals surface area contributed by atoms with Crippen LogP contribution in [0.25, 0.3) is 0 Å². The summed E-state index contributed by atoms with van der Waals surface area (Å²) in [5, 5.41) is 13.6. The predicted molar refractivity (Wildman–Crippen MR) is 60.6 cm³/mol. The first-order chi connectivity index (χ1) is 8.09. The van der Waals surface area contributed by atoms with E-state index in [-0.39, 0.29) is 12.5 Å². The molecule has 2 amide bonds. The summed E-state index contributed by atoms with van der Waals surface area (Å²) in [5.74, 6) is -0.149. The van der Waals surface area contributed by atoms with Crippen LogP contribution in [0, 0.1) is 6.92 Å². The van der Waals surface area contributed by atoms with Gasteiger partial charge in [0.25, 0.3) is 0 Å². The summed E-state index contributed by atoms with van der Waals surface area (Å²) in [7, 11) is 0. The molecule has 0 spiro atoms. The third-order valence-corrected chi connectivity index (χ3v) is 2.23. The van der Waals surface area contributed by atoms with E-state index in [1.54, 1.807) is 6.26 Å². The van der Waals surface area contributed by atoms with E-state index in [4.69, 9.17) is 9.52 Å². The Morgan fingerprint density at radius 2 is 2.18 bits per heavy atom. The number of carboxylic acids is 1. The molecule has 0 saturated heterocycles. The Kier molecular flexibility index (Phi) is 5.06. The fourth-order valence-corrected chi connectivity index (χ4v) is 1.25. The molecule has 0 aliphatic heterocycles. The Morgan fingerprint density at radius 3 is 2.76 bits per heavy atom. The molecule has 0 fully saturated rings. The highest BCUT2D eigenvalue weighted by molar-refractivity contribution is 5.73. The third kappa shape index (κ3) is 5.05. The highest BCUT2D eigenvalue weighted by Gasteiger charge is 2.04. The average molecular weight is 240 g/mol. The number of nitrogens with one attached hydrogen (secondary N) is 2. The second kappa shape index (κ2) is 6.57.